The number of nitrogens with zero attached hydrogens (tertiary/aromatic N) is 4. The smallest absolute Gasteiger partial charge is 0.165 e. The third-order valence-corrected chi connectivity index (χ3v) is 4.26. The molecule has 3 aromatic rings. The number of halogens is 1. The van der Waals surface area contributed by atoms with Crippen molar-refractivity contribution in [1.29, 1.82) is 0 Å². The number of aromatic nitrogens is 4. The summed E-state index contributed by atoms with van der Waals surface area (Å²) in [5.74, 6) is 0. The first-order chi connectivity index (χ1) is 9.84. The van der Waals surface area contributed by atoms with Crippen LogP contribution in [0.15, 0.2) is 36.9 Å². The zero-order chi connectivity index (χ0) is 13.5. The number of benzene rings is 1. The van der Waals surface area contributed by atoms with Gasteiger partial charge in [-0.05, 0) is 30.4 Å². The van der Waals surface area contributed by atoms with Crippen molar-refractivity contribution < 1.29 is 0 Å². The summed E-state index contributed by atoms with van der Waals surface area (Å²) in [5, 5.41) is 0.415. The van der Waals surface area contributed by atoms with E-state index >= 15 is 0 Å². The summed E-state index contributed by atoms with van der Waals surface area (Å²) < 4.78 is 2.13. The lowest BCUT2D eigenvalue weighted by Gasteiger charge is -2.26. The van der Waals surface area contributed by atoms with Gasteiger partial charge in [0.1, 0.15) is 11.8 Å². The fraction of sp³-hybridized carbons (Fsp3) is 0.267. The fourth-order valence-electron chi connectivity index (χ4n) is 3.07. The van der Waals surface area contributed by atoms with E-state index in [1.54, 1.807) is 0 Å². The van der Waals surface area contributed by atoms with Crippen LogP contribution in [0.25, 0.3) is 11.2 Å². The van der Waals surface area contributed by atoms with E-state index in [1.165, 1.54) is 23.9 Å². The van der Waals surface area contributed by atoms with Gasteiger partial charge in [0.2, 0.25) is 0 Å². The van der Waals surface area contributed by atoms with Crippen LogP contribution in [0.3, 0.4) is 0 Å². The summed E-state index contributed by atoms with van der Waals surface area (Å²) in [7, 11) is 0. The van der Waals surface area contributed by atoms with Crippen LogP contribution in [0.2, 0.25) is 5.15 Å². The molecule has 0 radical (unpaired) electrons. The highest BCUT2D eigenvalue weighted by molar-refractivity contribution is 6.33. The number of fused-ring (bicyclic) bond motifs is 2. The van der Waals surface area contributed by atoms with Gasteiger partial charge < -0.3 is 4.57 Å². The zero-order valence-corrected chi connectivity index (χ0v) is 11.6. The van der Waals surface area contributed by atoms with Crippen molar-refractivity contribution in [3.63, 3.8) is 0 Å². The molecule has 1 unspecified atom stereocenters. The minimum Gasteiger partial charge on any atom is -0.308 e. The van der Waals surface area contributed by atoms with Crippen molar-refractivity contribution in [3.05, 3.63) is 53.2 Å². The molecule has 2 aromatic heterocycles. The molecule has 20 heavy (non-hydrogen) atoms. The Morgan fingerprint density at radius 3 is 3.00 bits per heavy atom. The van der Waals surface area contributed by atoms with Gasteiger partial charge in [-0.2, -0.15) is 0 Å². The fourth-order valence-corrected chi connectivity index (χ4v) is 3.25. The lowest BCUT2D eigenvalue weighted by molar-refractivity contribution is 0.497. The van der Waals surface area contributed by atoms with Crippen molar-refractivity contribution in [3.8, 4) is 0 Å². The molecule has 4 rings (SSSR count). The third kappa shape index (κ3) is 1.72. The Hall–Kier alpha value is -1.94. The highest BCUT2D eigenvalue weighted by atomic mass is 35.5. The lowest BCUT2D eigenvalue weighted by Crippen LogP contribution is -2.16. The summed E-state index contributed by atoms with van der Waals surface area (Å²) in [6, 6.07) is 8.90. The minimum absolute atomic E-state index is 0.288. The zero-order valence-electron chi connectivity index (χ0n) is 10.8. The molecule has 0 saturated carbocycles. The number of aryl methyl sites for hydroxylation is 1. The largest absolute Gasteiger partial charge is 0.308 e. The van der Waals surface area contributed by atoms with Gasteiger partial charge in [-0.1, -0.05) is 35.9 Å². The predicted octanol–water partition coefficient (Wildman–Crippen LogP) is 3.41. The van der Waals surface area contributed by atoms with Crippen molar-refractivity contribution in [2.24, 2.45) is 0 Å². The first-order valence-electron chi connectivity index (χ1n) is 6.75. The number of rotatable bonds is 1. The summed E-state index contributed by atoms with van der Waals surface area (Å²) in [4.78, 5) is 12.7. The van der Waals surface area contributed by atoms with E-state index in [-0.39, 0.29) is 6.04 Å². The second kappa shape index (κ2) is 4.56. The van der Waals surface area contributed by atoms with E-state index in [0.29, 0.717) is 10.7 Å². The predicted molar refractivity (Wildman–Crippen MR) is 77.9 cm³/mol. The Balaban J connectivity index is 1.91. The Labute approximate surface area is 121 Å². The molecule has 0 spiro atoms. The normalized spacial score (nSPS) is 18.1. The van der Waals surface area contributed by atoms with Crippen LogP contribution in [-0.2, 0) is 6.42 Å². The summed E-state index contributed by atoms with van der Waals surface area (Å²) in [6.07, 6.45) is 6.76. The monoisotopic (exact) mass is 284 g/mol. The molecule has 1 atom stereocenters. The maximum absolute atomic E-state index is 6.08. The van der Waals surface area contributed by atoms with Gasteiger partial charge in [0.25, 0.3) is 0 Å². The van der Waals surface area contributed by atoms with Gasteiger partial charge in [0, 0.05) is 0 Å². The highest BCUT2D eigenvalue weighted by Crippen LogP contribution is 2.34. The van der Waals surface area contributed by atoms with Crippen LogP contribution in [-0.4, -0.2) is 19.5 Å². The molecule has 0 amide bonds. The van der Waals surface area contributed by atoms with Gasteiger partial charge >= 0.3 is 0 Å². The van der Waals surface area contributed by atoms with E-state index in [0.717, 1.165) is 18.5 Å². The molecule has 0 bridgehead atoms. The molecule has 5 heteroatoms. The molecule has 1 aromatic carbocycles. The van der Waals surface area contributed by atoms with Crippen molar-refractivity contribution in [2.75, 3.05) is 0 Å². The molecule has 0 fully saturated rings. The lowest BCUT2D eigenvalue weighted by atomic mass is 9.87. The first kappa shape index (κ1) is 11.9. The second-order valence-electron chi connectivity index (χ2n) is 5.10. The number of hydrogen-bond donors (Lipinski definition) is 0. The molecule has 0 N–H and O–H groups in total. The molecular weight excluding hydrogens is 272 g/mol. The average molecular weight is 285 g/mol. The standard InChI is InChI=1S/C15H13ClN4/c16-14-13-15(18-8-17-14)20(9-19-13)12-7-3-5-10-4-1-2-6-11(10)12/h1-2,4,6,8-9,12H,3,5,7H2. The third-order valence-electron chi connectivity index (χ3n) is 3.99. The molecule has 0 aliphatic heterocycles. The van der Waals surface area contributed by atoms with Crippen molar-refractivity contribution >= 4 is 22.8 Å². The maximum Gasteiger partial charge on any atom is 0.165 e. The van der Waals surface area contributed by atoms with Crippen LogP contribution in [0.4, 0.5) is 0 Å². The highest BCUT2D eigenvalue weighted by Gasteiger charge is 2.23. The Morgan fingerprint density at radius 2 is 2.05 bits per heavy atom. The first-order valence-corrected chi connectivity index (χ1v) is 7.13. The second-order valence-corrected chi connectivity index (χ2v) is 5.45. The van der Waals surface area contributed by atoms with Crippen LogP contribution in [0.5, 0.6) is 0 Å². The number of imidazole rings is 1. The van der Waals surface area contributed by atoms with Gasteiger partial charge in [0.15, 0.2) is 10.8 Å². The van der Waals surface area contributed by atoms with Crippen LogP contribution < -0.4 is 0 Å². The summed E-state index contributed by atoms with van der Waals surface area (Å²) in [5.41, 5.74) is 4.28. The molecule has 1 aliphatic rings. The molecular formula is C15H13ClN4. The van der Waals surface area contributed by atoms with Gasteiger partial charge in [-0.15, -0.1) is 0 Å². The van der Waals surface area contributed by atoms with E-state index < -0.39 is 0 Å². The topological polar surface area (TPSA) is 43.6 Å². The Bertz CT molecular complexity index is 780. The van der Waals surface area contributed by atoms with Gasteiger partial charge in [0.05, 0.1) is 12.4 Å². The molecule has 2 heterocycles. The Morgan fingerprint density at radius 1 is 1.15 bits per heavy atom. The Kier molecular flexibility index (Phi) is 2.70. The maximum atomic E-state index is 6.08. The average Bonchev–Trinajstić information content (AvgIpc) is 2.92. The van der Waals surface area contributed by atoms with Crippen LogP contribution in [0.1, 0.15) is 30.0 Å². The van der Waals surface area contributed by atoms with E-state index in [9.17, 15) is 0 Å². The van der Waals surface area contributed by atoms with E-state index in [4.69, 9.17) is 11.6 Å². The van der Waals surface area contributed by atoms with Crippen molar-refractivity contribution in [2.45, 2.75) is 25.3 Å². The van der Waals surface area contributed by atoms with Crippen molar-refractivity contribution in [1.82, 2.24) is 19.5 Å². The van der Waals surface area contributed by atoms with Gasteiger partial charge in [-0.3, -0.25) is 0 Å². The molecule has 4 nitrogen and oxygen atoms in total. The van der Waals surface area contributed by atoms with Crippen LogP contribution in [0, 0.1) is 0 Å². The van der Waals surface area contributed by atoms with Crippen LogP contribution >= 0.6 is 11.6 Å². The van der Waals surface area contributed by atoms with Gasteiger partial charge in [-0.25, -0.2) is 15.0 Å². The quantitative estimate of drug-likeness (QED) is 0.643. The number of hydrogen-bond acceptors (Lipinski definition) is 3. The summed E-state index contributed by atoms with van der Waals surface area (Å²) in [6.45, 7) is 0. The SMILES string of the molecule is Clc1ncnc2c1ncn2C1CCCc2ccccc21. The molecule has 0 saturated heterocycles. The molecule has 100 valence electrons. The van der Waals surface area contributed by atoms with E-state index in [1.807, 2.05) is 6.33 Å². The van der Waals surface area contributed by atoms with E-state index in [2.05, 4.69) is 43.8 Å². The minimum atomic E-state index is 0.288. The molecule has 1 aliphatic carbocycles. The summed E-state index contributed by atoms with van der Waals surface area (Å²) >= 11 is 6.08.